The maximum atomic E-state index is 2.38. The largest absolute Gasteiger partial charge is 0.0622 e. The number of benzene rings is 1. The van der Waals surface area contributed by atoms with E-state index in [9.17, 15) is 0 Å². The molecular weight excluding hydrogens is 204 g/mol. The van der Waals surface area contributed by atoms with Crippen molar-refractivity contribution in [3.8, 4) is 0 Å². The van der Waals surface area contributed by atoms with E-state index < -0.39 is 0 Å². The lowest BCUT2D eigenvalue weighted by Crippen LogP contribution is -2.09. The first-order valence-electron chi connectivity index (χ1n) is 6.40. The molecule has 1 aromatic rings. The smallest absolute Gasteiger partial charge is 0.00607 e. The Hall–Kier alpha value is -1.30. The zero-order chi connectivity index (χ0) is 12.5. The second kappa shape index (κ2) is 4.52. The van der Waals surface area contributed by atoms with Crippen LogP contribution in [0.1, 0.15) is 39.7 Å². The standard InChI is InChI=1S/C17H22/c1-13-10-15(12-16(13)17(2,3)4)11-14-8-6-5-7-9-14/h5-10H,11-12H2,1-4H3. The van der Waals surface area contributed by atoms with E-state index in [1.165, 1.54) is 11.1 Å². The SMILES string of the molecule is CC1=C(C(C)(C)C)CC(Cc2ccccc2)=C1. The molecule has 0 N–H and O–H groups in total. The van der Waals surface area contributed by atoms with E-state index >= 15 is 0 Å². The van der Waals surface area contributed by atoms with Crippen LogP contribution in [0.3, 0.4) is 0 Å². The molecule has 0 spiro atoms. The van der Waals surface area contributed by atoms with Gasteiger partial charge in [0.15, 0.2) is 0 Å². The van der Waals surface area contributed by atoms with Crippen LogP contribution in [0.25, 0.3) is 0 Å². The van der Waals surface area contributed by atoms with Gasteiger partial charge in [-0.25, -0.2) is 0 Å². The molecule has 0 radical (unpaired) electrons. The Balaban J connectivity index is 2.08. The zero-order valence-electron chi connectivity index (χ0n) is 11.4. The zero-order valence-corrected chi connectivity index (χ0v) is 11.4. The summed E-state index contributed by atoms with van der Waals surface area (Å²) in [5, 5.41) is 0. The van der Waals surface area contributed by atoms with Gasteiger partial charge in [-0.3, -0.25) is 0 Å². The van der Waals surface area contributed by atoms with Crippen molar-refractivity contribution in [1.82, 2.24) is 0 Å². The summed E-state index contributed by atoms with van der Waals surface area (Å²) < 4.78 is 0. The summed E-state index contributed by atoms with van der Waals surface area (Å²) in [5.74, 6) is 0. The Morgan fingerprint density at radius 3 is 2.24 bits per heavy atom. The normalized spacial score (nSPS) is 16.4. The molecule has 0 unspecified atom stereocenters. The fraction of sp³-hybridized carbons (Fsp3) is 0.412. The lowest BCUT2D eigenvalue weighted by atomic mass is 9.83. The summed E-state index contributed by atoms with van der Waals surface area (Å²) in [6.07, 6.45) is 4.63. The summed E-state index contributed by atoms with van der Waals surface area (Å²) in [6, 6.07) is 10.7. The first-order valence-corrected chi connectivity index (χ1v) is 6.40. The molecule has 0 heterocycles. The number of allylic oxidation sites excluding steroid dienone is 4. The van der Waals surface area contributed by atoms with E-state index in [2.05, 4.69) is 64.1 Å². The van der Waals surface area contributed by atoms with Gasteiger partial charge in [-0.1, -0.05) is 73.9 Å². The van der Waals surface area contributed by atoms with E-state index in [4.69, 9.17) is 0 Å². The lowest BCUT2D eigenvalue weighted by Gasteiger charge is -2.22. The molecule has 0 saturated heterocycles. The second-order valence-corrected chi connectivity index (χ2v) is 6.05. The van der Waals surface area contributed by atoms with Crippen molar-refractivity contribution >= 4 is 0 Å². The Morgan fingerprint density at radius 2 is 1.71 bits per heavy atom. The average molecular weight is 226 g/mol. The summed E-state index contributed by atoms with van der Waals surface area (Å²) in [5.41, 5.74) is 6.35. The van der Waals surface area contributed by atoms with Crippen LogP contribution >= 0.6 is 0 Å². The van der Waals surface area contributed by atoms with E-state index in [0.29, 0.717) is 5.41 Å². The van der Waals surface area contributed by atoms with Crippen molar-refractivity contribution in [1.29, 1.82) is 0 Å². The summed E-state index contributed by atoms with van der Waals surface area (Å²) >= 11 is 0. The maximum absolute atomic E-state index is 2.38. The third-order valence-electron chi connectivity index (χ3n) is 3.48. The van der Waals surface area contributed by atoms with Crippen LogP contribution in [0.4, 0.5) is 0 Å². The molecule has 1 aromatic carbocycles. The predicted molar refractivity (Wildman–Crippen MR) is 75.0 cm³/mol. The molecule has 0 atom stereocenters. The molecular formula is C17H22. The van der Waals surface area contributed by atoms with Gasteiger partial charge in [0, 0.05) is 0 Å². The van der Waals surface area contributed by atoms with Gasteiger partial charge in [0.2, 0.25) is 0 Å². The van der Waals surface area contributed by atoms with Gasteiger partial charge < -0.3 is 0 Å². The molecule has 0 aromatic heterocycles. The van der Waals surface area contributed by atoms with Gasteiger partial charge in [-0.15, -0.1) is 0 Å². The van der Waals surface area contributed by atoms with Crippen molar-refractivity contribution in [3.05, 3.63) is 58.7 Å². The molecule has 0 fully saturated rings. The molecule has 17 heavy (non-hydrogen) atoms. The molecule has 90 valence electrons. The maximum Gasteiger partial charge on any atom is -0.00607 e. The highest BCUT2D eigenvalue weighted by atomic mass is 14.3. The first kappa shape index (κ1) is 12.2. The third kappa shape index (κ3) is 2.88. The van der Waals surface area contributed by atoms with Crippen molar-refractivity contribution in [2.45, 2.75) is 40.5 Å². The fourth-order valence-electron chi connectivity index (χ4n) is 2.64. The van der Waals surface area contributed by atoms with Crippen molar-refractivity contribution < 1.29 is 0 Å². The summed E-state index contributed by atoms with van der Waals surface area (Å²) in [7, 11) is 0. The highest BCUT2D eigenvalue weighted by Crippen LogP contribution is 2.38. The second-order valence-electron chi connectivity index (χ2n) is 6.05. The van der Waals surface area contributed by atoms with Crippen LogP contribution in [0.2, 0.25) is 0 Å². The first-order chi connectivity index (χ1) is 7.97. The predicted octanol–water partition coefficient (Wildman–Crippen LogP) is 4.92. The topological polar surface area (TPSA) is 0 Å². The van der Waals surface area contributed by atoms with Gasteiger partial charge in [-0.05, 0) is 30.7 Å². The van der Waals surface area contributed by atoms with Crippen LogP contribution in [0.15, 0.2) is 53.1 Å². The number of hydrogen-bond donors (Lipinski definition) is 0. The summed E-state index contributed by atoms with van der Waals surface area (Å²) in [6.45, 7) is 9.18. The van der Waals surface area contributed by atoms with E-state index in [0.717, 1.165) is 12.8 Å². The molecule has 2 rings (SSSR count). The molecule has 0 nitrogen and oxygen atoms in total. The number of hydrogen-bond acceptors (Lipinski definition) is 0. The molecule has 0 amide bonds. The molecule has 0 aliphatic heterocycles. The van der Waals surface area contributed by atoms with Gasteiger partial charge in [0.05, 0.1) is 0 Å². The van der Waals surface area contributed by atoms with Crippen LogP contribution in [0, 0.1) is 5.41 Å². The minimum atomic E-state index is 0.305. The van der Waals surface area contributed by atoms with Crippen LogP contribution in [0.5, 0.6) is 0 Å². The average Bonchev–Trinajstić information content (AvgIpc) is 2.60. The van der Waals surface area contributed by atoms with Gasteiger partial charge in [-0.2, -0.15) is 0 Å². The minimum absolute atomic E-state index is 0.305. The fourth-order valence-corrected chi connectivity index (χ4v) is 2.64. The molecule has 0 saturated carbocycles. The van der Waals surface area contributed by atoms with Crippen LogP contribution < -0.4 is 0 Å². The third-order valence-corrected chi connectivity index (χ3v) is 3.48. The Kier molecular flexibility index (Phi) is 3.24. The Morgan fingerprint density at radius 1 is 1.06 bits per heavy atom. The van der Waals surface area contributed by atoms with Crippen molar-refractivity contribution in [2.75, 3.05) is 0 Å². The van der Waals surface area contributed by atoms with E-state index in [1.807, 2.05) is 0 Å². The highest BCUT2D eigenvalue weighted by molar-refractivity contribution is 5.42. The van der Waals surface area contributed by atoms with Gasteiger partial charge in [0.25, 0.3) is 0 Å². The van der Waals surface area contributed by atoms with E-state index in [-0.39, 0.29) is 0 Å². The van der Waals surface area contributed by atoms with Crippen LogP contribution in [-0.4, -0.2) is 0 Å². The number of rotatable bonds is 2. The van der Waals surface area contributed by atoms with Gasteiger partial charge in [0.1, 0.15) is 0 Å². The quantitative estimate of drug-likeness (QED) is 0.671. The highest BCUT2D eigenvalue weighted by Gasteiger charge is 2.23. The Bertz CT molecular complexity index is 453. The molecule has 1 aliphatic carbocycles. The summed E-state index contributed by atoms with van der Waals surface area (Å²) in [4.78, 5) is 0. The van der Waals surface area contributed by atoms with Gasteiger partial charge >= 0.3 is 0 Å². The monoisotopic (exact) mass is 226 g/mol. The molecule has 0 heteroatoms. The molecule has 0 bridgehead atoms. The Labute approximate surface area is 105 Å². The minimum Gasteiger partial charge on any atom is -0.0622 e. The van der Waals surface area contributed by atoms with Crippen LogP contribution in [-0.2, 0) is 6.42 Å². The van der Waals surface area contributed by atoms with Crippen molar-refractivity contribution in [2.24, 2.45) is 5.41 Å². The van der Waals surface area contributed by atoms with E-state index in [1.54, 1.807) is 11.1 Å². The lowest BCUT2D eigenvalue weighted by molar-refractivity contribution is 0.490. The van der Waals surface area contributed by atoms with Crippen molar-refractivity contribution in [3.63, 3.8) is 0 Å². The molecule has 1 aliphatic rings.